The van der Waals surface area contributed by atoms with Gasteiger partial charge in [0.15, 0.2) is 0 Å². The van der Waals surface area contributed by atoms with Gasteiger partial charge in [-0.15, -0.1) is 11.3 Å². The highest BCUT2D eigenvalue weighted by Crippen LogP contribution is 2.13. The summed E-state index contributed by atoms with van der Waals surface area (Å²) >= 11 is 1.71. The third kappa shape index (κ3) is 2.33. The Bertz CT molecular complexity index is 380. The number of anilines is 1. The van der Waals surface area contributed by atoms with Crippen LogP contribution < -0.4 is 5.32 Å². The molecule has 72 valence electrons. The molecule has 0 saturated heterocycles. The fourth-order valence-electron chi connectivity index (χ4n) is 1.17. The summed E-state index contributed by atoms with van der Waals surface area (Å²) in [5.41, 5.74) is 0.944. The van der Waals surface area contributed by atoms with E-state index in [1.807, 2.05) is 11.4 Å². The van der Waals surface area contributed by atoms with Gasteiger partial charge in [-0.2, -0.15) is 0 Å². The molecule has 0 bridgehead atoms. The highest BCUT2D eigenvalue weighted by Gasteiger charge is 1.94. The van der Waals surface area contributed by atoms with E-state index in [0.29, 0.717) is 0 Å². The molecule has 0 radical (unpaired) electrons. The van der Waals surface area contributed by atoms with Crippen molar-refractivity contribution in [2.75, 3.05) is 5.32 Å². The van der Waals surface area contributed by atoms with E-state index in [1.165, 1.54) is 17.0 Å². The molecule has 0 amide bonds. The summed E-state index contributed by atoms with van der Waals surface area (Å²) in [5, 5.41) is 5.26. The molecule has 0 aliphatic carbocycles. The van der Waals surface area contributed by atoms with Crippen LogP contribution in [0, 0.1) is 5.82 Å². The summed E-state index contributed by atoms with van der Waals surface area (Å²) in [4.78, 5) is 1.27. The van der Waals surface area contributed by atoms with Crippen molar-refractivity contribution in [3.05, 3.63) is 52.5 Å². The average molecular weight is 207 g/mol. The number of hydrogen-bond donors (Lipinski definition) is 1. The molecule has 0 aliphatic rings. The van der Waals surface area contributed by atoms with Crippen molar-refractivity contribution < 1.29 is 4.39 Å². The van der Waals surface area contributed by atoms with E-state index in [4.69, 9.17) is 0 Å². The maximum Gasteiger partial charge on any atom is 0.123 e. The lowest BCUT2D eigenvalue weighted by molar-refractivity contribution is 0.628. The van der Waals surface area contributed by atoms with Crippen molar-refractivity contribution in [1.82, 2.24) is 0 Å². The van der Waals surface area contributed by atoms with Crippen LogP contribution in [0.5, 0.6) is 0 Å². The van der Waals surface area contributed by atoms with Gasteiger partial charge in [0.2, 0.25) is 0 Å². The number of halogens is 1. The van der Waals surface area contributed by atoms with Gasteiger partial charge in [-0.3, -0.25) is 0 Å². The maximum absolute atomic E-state index is 12.6. The van der Waals surface area contributed by atoms with Crippen molar-refractivity contribution in [2.24, 2.45) is 0 Å². The SMILES string of the molecule is Fc1ccc(NCc2cccs2)cc1. The summed E-state index contributed by atoms with van der Waals surface area (Å²) in [6.07, 6.45) is 0. The standard InChI is InChI=1S/C11H10FNS/c12-9-3-5-10(6-4-9)13-8-11-2-1-7-14-11/h1-7,13H,8H2. The van der Waals surface area contributed by atoms with Gasteiger partial charge in [0.05, 0.1) is 0 Å². The molecule has 0 spiro atoms. The quantitative estimate of drug-likeness (QED) is 0.812. The van der Waals surface area contributed by atoms with E-state index < -0.39 is 0 Å². The normalized spacial score (nSPS) is 10.1. The molecule has 0 aliphatic heterocycles. The number of thiophene rings is 1. The van der Waals surface area contributed by atoms with Gasteiger partial charge in [-0.25, -0.2) is 4.39 Å². The van der Waals surface area contributed by atoms with Crippen molar-refractivity contribution in [2.45, 2.75) is 6.54 Å². The Hall–Kier alpha value is -1.35. The van der Waals surface area contributed by atoms with E-state index in [9.17, 15) is 4.39 Å². The van der Waals surface area contributed by atoms with Crippen molar-refractivity contribution >= 4 is 17.0 Å². The fraction of sp³-hybridized carbons (Fsp3) is 0.0909. The van der Waals surface area contributed by atoms with E-state index >= 15 is 0 Å². The fourth-order valence-corrected chi connectivity index (χ4v) is 1.81. The van der Waals surface area contributed by atoms with Crippen molar-refractivity contribution in [1.29, 1.82) is 0 Å². The van der Waals surface area contributed by atoms with E-state index in [-0.39, 0.29) is 5.82 Å². The second-order valence-electron chi connectivity index (χ2n) is 2.94. The summed E-state index contributed by atoms with van der Waals surface area (Å²) in [6, 6.07) is 10.5. The van der Waals surface area contributed by atoms with Gasteiger partial charge in [0, 0.05) is 17.1 Å². The Kier molecular flexibility index (Phi) is 2.79. The first-order valence-electron chi connectivity index (χ1n) is 4.36. The molecule has 1 nitrogen and oxygen atoms in total. The van der Waals surface area contributed by atoms with Crippen LogP contribution in [0.4, 0.5) is 10.1 Å². The Labute approximate surface area is 86.2 Å². The van der Waals surface area contributed by atoms with Gasteiger partial charge in [-0.05, 0) is 35.7 Å². The molecule has 14 heavy (non-hydrogen) atoms. The molecule has 1 aromatic carbocycles. The first-order valence-corrected chi connectivity index (χ1v) is 5.24. The summed E-state index contributed by atoms with van der Waals surface area (Å²) in [7, 11) is 0. The highest BCUT2D eigenvalue weighted by molar-refractivity contribution is 7.09. The predicted octanol–water partition coefficient (Wildman–Crippen LogP) is 3.50. The Morgan fingerprint density at radius 3 is 2.57 bits per heavy atom. The van der Waals surface area contributed by atoms with Crippen molar-refractivity contribution in [3.63, 3.8) is 0 Å². The van der Waals surface area contributed by atoms with Crippen LogP contribution in [0.3, 0.4) is 0 Å². The van der Waals surface area contributed by atoms with Crippen LogP contribution >= 0.6 is 11.3 Å². The second kappa shape index (κ2) is 4.24. The van der Waals surface area contributed by atoms with Gasteiger partial charge in [0.25, 0.3) is 0 Å². The number of benzene rings is 1. The Morgan fingerprint density at radius 2 is 1.93 bits per heavy atom. The zero-order chi connectivity index (χ0) is 9.80. The van der Waals surface area contributed by atoms with Crippen molar-refractivity contribution in [3.8, 4) is 0 Å². The van der Waals surface area contributed by atoms with Crippen LogP contribution in [0.2, 0.25) is 0 Å². The predicted molar refractivity (Wildman–Crippen MR) is 58.0 cm³/mol. The number of rotatable bonds is 3. The Morgan fingerprint density at radius 1 is 1.14 bits per heavy atom. The Balaban J connectivity index is 1.95. The topological polar surface area (TPSA) is 12.0 Å². The largest absolute Gasteiger partial charge is 0.380 e. The molecule has 0 unspecified atom stereocenters. The molecule has 0 fully saturated rings. The molecular weight excluding hydrogens is 197 g/mol. The zero-order valence-corrected chi connectivity index (χ0v) is 8.35. The van der Waals surface area contributed by atoms with Crippen LogP contribution in [0.15, 0.2) is 41.8 Å². The third-order valence-corrected chi connectivity index (χ3v) is 2.77. The van der Waals surface area contributed by atoms with Crippen LogP contribution in [0.25, 0.3) is 0 Å². The second-order valence-corrected chi connectivity index (χ2v) is 3.97. The lowest BCUT2D eigenvalue weighted by Gasteiger charge is -2.03. The maximum atomic E-state index is 12.6. The smallest absolute Gasteiger partial charge is 0.123 e. The molecule has 0 atom stereocenters. The van der Waals surface area contributed by atoms with E-state index in [1.54, 1.807) is 23.5 Å². The van der Waals surface area contributed by atoms with Crippen LogP contribution in [-0.2, 0) is 6.54 Å². The minimum absolute atomic E-state index is 0.202. The summed E-state index contributed by atoms with van der Waals surface area (Å²) < 4.78 is 12.6. The number of hydrogen-bond acceptors (Lipinski definition) is 2. The van der Waals surface area contributed by atoms with Gasteiger partial charge in [-0.1, -0.05) is 6.07 Å². The monoisotopic (exact) mass is 207 g/mol. The summed E-state index contributed by atoms with van der Waals surface area (Å²) in [5.74, 6) is -0.202. The third-order valence-electron chi connectivity index (χ3n) is 1.89. The summed E-state index contributed by atoms with van der Waals surface area (Å²) in [6.45, 7) is 0.795. The minimum Gasteiger partial charge on any atom is -0.380 e. The van der Waals surface area contributed by atoms with E-state index in [0.717, 1.165) is 12.2 Å². The lowest BCUT2D eigenvalue weighted by atomic mass is 10.3. The molecule has 2 rings (SSSR count). The van der Waals surface area contributed by atoms with Gasteiger partial charge >= 0.3 is 0 Å². The zero-order valence-electron chi connectivity index (χ0n) is 7.53. The van der Waals surface area contributed by atoms with Gasteiger partial charge in [0.1, 0.15) is 5.82 Å². The molecular formula is C11H10FNS. The molecule has 1 heterocycles. The first-order chi connectivity index (χ1) is 6.84. The molecule has 3 heteroatoms. The molecule has 1 N–H and O–H groups in total. The first kappa shape index (κ1) is 9.21. The van der Waals surface area contributed by atoms with Crippen LogP contribution in [0.1, 0.15) is 4.88 Å². The van der Waals surface area contributed by atoms with E-state index in [2.05, 4.69) is 11.4 Å². The lowest BCUT2D eigenvalue weighted by Crippen LogP contribution is -1.96. The molecule has 1 aromatic heterocycles. The van der Waals surface area contributed by atoms with Crippen LogP contribution in [-0.4, -0.2) is 0 Å². The van der Waals surface area contributed by atoms with Gasteiger partial charge < -0.3 is 5.32 Å². The molecule has 0 saturated carbocycles. The molecule has 2 aromatic rings. The number of nitrogens with one attached hydrogen (secondary N) is 1. The minimum atomic E-state index is -0.202. The average Bonchev–Trinajstić information content (AvgIpc) is 2.70. The highest BCUT2D eigenvalue weighted by atomic mass is 32.1.